The molecule has 1 amide bonds. The molecule has 3 heterocycles. The highest BCUT2D eigenvalue weighted by Crippen LogP contribution is 2.28. The van der Waals surface area contributed by atoms with Crippen LogP contribution in [-0.4, -0.2) is 33.4 Å². The Balaban J connectivity index is 1.51. The molecule has 1 fully saturated rings. The molecule has 1 unspecified atom stereocenters. The Bertz CT molecular complexity index is 895. The van der Waals surface area contributed by atoms with Gasteiger partial charge < -0.3 is 9.47 Å². The van der Waals surface area contributed by atoms with Crippen LogP contribution in [0.4, 0.5) is 0 Å². The molecular weight excluding hydrogens is 318 g/mol. The van der Waals surface area contributed by atoms with Crippen LogP contribution in [0.3, 0.4) is 0 Å². The number of aryl methyl sites for hydroxylation is 1. The van der Waals surface area contributed by atoms with Gasteiger partial charge in [-0.25, -0.2) is 4.98 Å². The van der Waals surface area contributed by atoms with E-state index in [4.69, 9.17) is 0 Å². The maximum absolute atomic E-state index is 12.4. The second-order valence-corrected chi connectivity index (χ2v) is 7.07. The summed E-state index contributed by atoms with van der Waals surface area (Å²) in [5.41, 5.74) is 2.18. The summed E-state index contributed by atoms with van der Waals surface area (Å²) < 4.78 is 2.28. The smallest absolute Gasteiger partial charge is 0.246 e. The summed E-state index contributed by atoms with van der Waals surface area (Å²) in [6, 6.07) is 12.5. The molecule has 0 N–H and O–H groups in total. The van der Waals surface area contributed by atoms with Crippen molar-refractivity contribution >= 4 is 34.4 Å². The molecule has 0 aliphatic carbocycles. The SMILES string of the molecule is Cc1nc2ccccc2n1C1CCN(C(=O)/C=C/c2cccs2)C1. The highest BCUT2D eigenvalue weighted by Gasteiger charge is 2.28. The lowest BCUT2D eigenvalue weighted by Gasteiger charge is -2.17. The van der Waals surface area contributed by atoms with Gasteiger partial charge >= 0.3 is 0 Å². The first-order valence-electron chi connectivity index (χ1n) is 8.16. The minimum absolute atomic E-state index is 0.0907. The zero-order chi connectivity index (χ0) is 16.5. The van der Waals surface area contributed by atoms with Crippen LogP contribution in [-0.2, 0) is 4.79 Å². The van der Waals surface area contributed by atoms with E-state index in [1.54, 1.807) is 17.4 Å². The molecule has 1 aliphatic rings. The number of carbonyl (C=O) groups is 1. The Kier molecular flexibility index (Phi) is 3.94. The highest BCUT2D eigenvalue weighted by atomic mass is 32.1. The average Bonchev–Trinajstić information content (AvgIpc) is 3.31. The van der Waals surface area contributed by atoms with Crippen molar-refractivity contribution in [3.63, 3.8) is 0 Å². The lowest BCUT2D eigenvalue weighted by Crippen LogP contribution is -2.27. The third kappa shape index (κ3) is 2.76. The molecule has 4 nitrogen and oxygen atoms in total. The molecule has 0 saturated carbocycles. The molecule has 1 atom stereocenters. The van der Waals surface area contributed by atoms with Crippen molar-refractivity contribution < 1.29 is 4.79 Å². The van der Waals surface area contributed by atoms with Crippen molar-refractivity contribution in [2.24, 2.45) is 0 Å². The standard InChI is InChI=1S/C19H19N3OS/c1-14-20-17-6-2-3-7-18(17)22(14)15-10-11-21(13-15)19(23)9-8-16-5-4-12-24-16/h2-9,12,15H,10-11,13H2,1H3/b9-8+. The van der Waals surface area contributed by atoms with E-state index in [0.29, 0.717) is 6.04 Å². The Morgan fingerprint density at radius 1 is 1.29 bits per heavy atom. The Labute approximate surface area is 145 Å². The molecule has 122 valence electrons. The maximum Gasteiger partial charge on any atom is 0.246 e. The van der Waals surface area contributed by atoms with Crippen molar-refractivity contribution in [1.82, 2.24) is 14.5 Å². The van der Waals surface area contributed by atoms with Crippen LogP contribution in [0.2, 0.25) is 0 Å². The number of carbonyl (C=O) groups excluding carboxylic acids is 1. The number of aromatic nitrogens is 2. The van der Waals surface area contributed by atoms with Gasteiger partial charge in [0.2, 0.25) is 5.91 Å². The molecule has 1 saturated heterocycles. The fraction of sp³-hybridized carbons (Fsp3) is 0.263. The van der Waals surface area contributed by atoms with E-state index in [9.17, 15) is 4.79 Å². The molecule has 3 aromatic rings. The van der Waals surface area contributed by atoms with E-state index in [2.05, 4.69) is 15.6 Å². The summed E-state index contributed by atoms with van der Waals surface area (Å²) in [5.74, 6) is 1.11. The van der Waals surface area contributed by atoms with Gasteiger partial charge in [-0.2, -0.15) is 0 Å². The third-order valence-corrected chi connectivity index (χ3v) is 5.38. The molecule has 4 rings (SSSR count). The summed E-state index contributed by atoms with van der Waals surface area (Å²) in [6.45, 7) is 3.58. The lowest BCUT2D eigenvalue weighted by atomic mass is 10.2. The average molecular weight is 337 g/mol. The van der Waals surface area contributed by atoms with E-state index < -0.39 is 0 Å². The van der Waals surface area contributed by atoms with E-state index >= 15 is 0 Å². The summed E-state index contributed by atoms with van der Waals surface area (Å²) in [7, 11) is 0. The second-order valence-electron chi connectivity index (χ2n) is 6.09. The molecule has 2 aromatic heterocycles. The molecule has 0 spiro atoms. The van der Waals surface area contributed by atoms with Gasteiger partial charge in [0.15, 0.2) is 0 Å². The van der Waals surface area contributed by atoms with Crippen molar-refractivity contribution in [3.8, 4) is 0 Å². The molecule has 0 radical (unpaired) electrons. The molecule has 1 aliphatic heterocycles. The van der Waals surface area contributed by atoms with Crippen LogP contribution in [0.15, 0.2) is 47.9 Å². The Morgan fingerprint density at radius 2 is 2.17 bits per heavy atom. The number of hydrogen-bond donors (Lipinski definition) is 0. The van der Waals surface area contributed by atoms with Gasteiger partial charge in [-0.05, 0) is 43.0 Å². The monoisotopic (exact) mass is 337 g/mol. The number of benzene rings is 1. The van der Waals surface area contributed by atoms with Gasteiger partial charge in [0.25, 0.3) is 0 Å². The zero-order valence-electron chi connectivity index (χ0n) is 13.6. The van der Waals surface area contributed by atoms with Crippen molar-refractivity contribution in [2.45, 2.75) is 19.4 Å². The summed E-state index contributed by atoms with van der Waals surface area (Å²) in [5, 5.41) is 2.02. The summed E-state index contributed by atoms with van der Waals surface area (Å²) >= 11 is 1.64. The predicted molar refractivity (Wildman–Crippen MR) is 98.1 cm³/mol. The number of nitrogens with zero attached hydrogens (tertiary/aromatic N) is 3. The minimum Gasteiger partial charge on any atom is -0.337 e. The molecule has 5 heteroatoms. The first-order chi connectivity index (χ1) is 11.7. The zero-order valence-corrected chi connectivity index (χ0v) is 14.4. The number of hydrogen-bond acceptors (Lipinski definition) is 3. The van der Waals surface area contributed by atoms with Gasteiger partial charge in [-0.1, -0.05) is 18.2 Å². The van der Waals surface area contributed by atoms with Crippen LogP contribution in [0, 0.1) is 6.92 Å². The van der Waals surface area contributed by atoms with E-state index in [1.165, 1.54) is 0 Å². The van der Waals surface area contributed by atoms with Crippen LogP contribution >= 0.6 is 11.3 Å². The van der Waals surface area contributed by atoms with E-state index in [1.807, 2.05) is 53.6 Å². The summed E-state index contributed by atoms with van der Waals surface area (Å²) in [4.78, 5) is 20.1. The van der Waals surface area contributed by atoms with Gasteiger partial charge in [0.05, 0.1) is 17.1 Å². The maximum atomic E-state index is 12.4. The van der Waals surface area contributed by atoms with Crippen LogP contribution in [0.5, 0.6) is 0 Å². The quantitative estimate of drug-likeness (QED) is 0.680. The Morgan fingerprint density at radius 3 is 3.00 bits per heavy atom. The molecule has 24 heavy (non-hydrogen) atoms. The lowest BCUT2D eigenvalue weighted by molar-refractivity contribution is -0.125. The number of amides is 1. The number of imidazole rings is 1. The van der Waals surface area contributed by atoms with E-state index in [-0.39, 0.29) is 5.91 Å². The fourth-order valence-corrected chi connectivity index (χ4v) is 4.04. The third-order valence-electron chi connectivity index (χ3n) is 4.55. The molecular formula is C19H19N3OS. The highest BCUT2D eigenvalue weighted by molar-refractivity contribution is 7.10. The summed E-state index contributed by atoms with van der Waals surface area (Å²) in [6.07, 6.45) is 4.56. The Hall–Kier alpha value is -2.40. The number of para-hydroxylation sites is 2. The molecule has 0 bridgehead atoms. The predicted octanol–water partition coefficient (Wildman–Crippen LogP) is 3.89. The largest absolute Gasteiger partial charge is 0.337 e. The number of fused-ring (bicyclic) bond motifs is 1. The number of thiophene rings is 1. The van der Waals surface area contributed by atoms with Crippen molar-refractivity contribution in [2.75, 3.05) is 13.1 Å². The van der Waals surface area contributed by atoms with Crippen LogP contribution in [0.25, 0.3) is 17.1 Å². The number of likely N-dealkylation sites (tertiary alicyclic amines) is 1. The van der Waals surface area contributed by atoms with Crippen molar-refractivity contribution in [3.05, 3.63) is 58.6 Å². The van der Waals surface area contributed by atoms with E-state index in [0.717, 1.165) is 41.2 Å². The topological polar surface area (TPSA) is 38.1 Å². The normalized spacial score (nSPS) is 18.0. The van der Waals surface area contributed by atoms with Gasteiger partial charge in [0.1, 0.15) is 5.82 Å². The van der Waals surface area contributed by atoms with Crippen molar-refractivity contribution in [1.29, 1.82) is 0 Å². The minimum atomic E-state index is 0.0907. The van der Waals surface area contributed by atoms with Gasteiger partial charge in [-0.3, -0.25) is 4.79 Å². The molecule has 1 aromatic carbocycles. The van der Waals surface area contributed by atoms with Crippen LogP contribution in [0.1, 0.15) is 23.2 Å². The first-order valence-corrected chi connectivity index (χ1v) is 9.04. The van der Waals surface area contributed by atoms with Gasteiger partial charge in [-0.15, -0.1) is 11.3 Å². The second kappa shape index (κ2) is 6.24. The van der Waals surface area contributed by atoms with Gasteiger partial charge in [0, 0.05) is 24.0 Å². The fourth-order valence-electron chi connectivity index (χ4n) is 3.42. The first kappa shape index (κ1) is 15.1. The number of rotatable bonds is 3. The van der Waals surface area contributed by atoms with Crippen LogP contribution < -0.4 is 0 Å².